The second-order valence-electron chi connectivity index (χ2n) is 5.42. The highest BCUT2D eigenvalue weighted by Gasteiger charge is 2.27. The number of thioether (sulfide) groups is 1. The summed E-state index contributed by atoms with van der Waals surface area (Å²) in [5, 5.41) is 5.39. The van der Waals surface area contributed by atoms with E-state index >= 15 is 0 Å². The number of para-hydroxylation sites is 1. The van der Waals surface area contributed by atoms with Crippen molar-refractivity contribution in [2.75, 3.05) is 16.8 Å². The molecule has 23 heavy (non-hydrogen) atoms. The molecule has 1 N–H and O–H groups in total. The molecule has 0 fully saturated rings. The number of rotatable bonds is 3. The number of benzene rings is 1. The van der Waals surface area contributed by atoms with Crippen LogP contribution < -0.4 is 10.2 Å². The number of fused-ring (bicyclic) bond motifs is 1. The lowest BCUT2D eigenvalue weighted by molar-refractivity contribution is -0.121. The molecule has 3 rings (SSSR count). The van der Waals surface area contributed by atoms with E-state index in [9.17, 15) is 9.59 Å². The van der Waals surface area contributed by atoms with Crippen molar-refractivity contribution >= 4 is 45.7 Å². The Balaban J connectivity index is 1.80. The van der Waals surface area contributed by atoms with Crippen LogP contribution in [-0.2, 0) is 9.59 Å². The normalized spacial score (nSPS) is 17.6. The second kappa shape index (κ2) is 6.72. The summed E-state index contributed by atoms with van der Waals surface area (Å²) in [7, 11) is 0. The number of aromatic nitrogens is 1. The molecule has 0 saturated carbocycles. The molecule has 0 saturated heterocycles. The van der Waals surface area contributed by atoms with E-state index < -0.39 is 0 Å². The van der Waals surface area contributed by atoms with Crippen LogP contribution in [0.15, 0.2) is 34.5 Å². The molecule has 0 aliphatic carbocycles. The van der Waals surface area contributed by atoms with Crippen molar-refractivity contribution < 1.29 is 9.59 Å². The van der Waals surface area contributed by atoms with E-state index in [-0.39, 0.29) is 23.6 Å². The molecule has 2 aromatic rings. The first-order valence-electron chi connectivity index (χ1n) is 7.31. The highest BCUT2D eigenvalue weighted by Crippen LogP contribution is 2.37. The number of anilines is 2. The Morgan fingerprint density at radius 3 is 2.96 bits per heavy atom. The Bertz CT molecular complexity index is 744. The van der Waals surface area contributed by atoms with Crippen LogP contribution in [0.1, 0.15) is 19.0 Å². The zero-order valence-corrected chi connectivity index (χ0v) is 14.5. The maximum absolute atomic E-state index is 12.5. The Morgan fingerprint density at radius 1 is 1.43 bits per heavy atom. The summed E-state index contributed by atoms with van der Waals surface area (Å²) in [6.07, 6.45) is 0.420. The number of nitrogens with zero attached hydrogens (tertiary/aromatic N) is 2. The van der Waals surface area contributed by atoms with E-state index in [2.05, 4.69) is 10.3 Å². The molecule has 2 amide bonds. The first kappa shape index (κ1) is 16.0. The van der Waals surface area contributed by atoms with Crippen molar-refractivity contribution in [2.24, 2.45) is 0 Å². The van der Waals surface area contributed by atoms with Gasteiger partial charge in [-0.15, -0.1) is 23.1 Å². The summed E-state index contributed by atoms with van der Waals surface area (Å²) in [5.41, 5.74) is 1.67. The number of aryl methyl sites for hydroxylation is 1. The van der Waals surface area contributed by atoms with E-state index in [4.69, 9.17) is 0 Å². The maximum Gasteiger partial charge on any atom is 0.246 e. The summed E-state index contributed by atoms with van der Waals surface area (Å²) >= 11 is 3.05. The summed E-state index contributed by atoms with van der Waals surface area (Å²) in [6, 6.07) is 7.71. The largest absolute Gasteiger partial charge is 0.302 e. The van der Waals surface area contributed by atoms with Gasteiger partial charge < -0.3 is 10.2 Å². The van der Waals surface area contributed by atoms with Crippen LogP contribution in [0.4, 0.5) is 10.8 Å². The fourth-order valence-electron chi connectivity index (χ4n) is 2.42. The van der Waals surface area contributed by atoms with Crippen LogP contribution in [-0.4, -0.2) is 28.6 Å². The Morgan fingerprint density at radius 2 is 2.22 bits per heavy atom. The minimum absolute atomic E-state index is 0.00174. The average Bonchev–Trinajstić information content (AvgIpc) is 2.85. The summed E-state index contributed by atoms with van der Waals surface area (Å²) in [6.45, 7) is 3.91. The van der Waals surface area contributed by atoms with Gasteiger partial charge >= 0.3 is 0 Å². The lowest BCUT2D eigenvalue weighted by Gasteiger charge is -2.21. The molecule has 1 aliphatic rings. The molecule has 7 heteroatoms. The van der Waals surface area contributed by atoms with Gasteiger partial charge in [0.25, 0.3) is 0 Å². The molecule has 1 aromatic carbocycles. The van der Waals surface area contributed by atoms with Gasteiger partial charge in [-0.1, -0.05) is 19.1 Å². The van der Waals surface area contributed by atoms with Crippen molar-refractivity contribution in [2.45, 2.75) is 30.4 Å². The minimum atomic E-state index is -0.234. The molecule has 5 nitrogen and oxygen atoms in total. The number of carbonyl (C=O) groups is 2. The van der Waals surface area contributed by atoms with Crippen LogP contribution in [0.5, 0.6) is 0 Å². The number of hydrogen-bond acceptors (Lipinski definition) is 5. The molecule has 1 atom stereocenters. The van der Waals surface area contributed by atoms with Crippen LogP contribution in [0.2, 0.25) is 0 Å². The van der Waals surface area contributed by atoms with Crippen molar-refractivity contribution in [1.29, 1.82) is 0 Å². The van der Waals surface area contributed by atoms with E-state index in [1.165, 1.54) is 11.3 Å². The van der Waals surface area contributed by atoms with Crippen LogP contribution in [0.3, 0.4) is 0 Å². The standard InChI is InChI=1S/C16H17N3O2S2/c1-10-9-22-16(17-10)18-14(20)8-19-12-5-3-4-6-13(12)23-11(2)7-15(19)21/h3-6,9,11H,7-8H2,1-2H3,(H,17,18,20). The highest BCUT2D eigenvalue weighted by molar-refractivity contribution is 8.00. The molecule has 1 aliphatic heterocycles. The SMILES string of the molecule is Cc1csc(NC(=O)CN2C(=O)CC(C)Sc3ccccc32)n1. The third kappa shape index (κ3) is 3.73. The molecule has 0 bridgehead atoms. The van der Waals surface area contributed by atoms with Gasteiger partial charge in [0.2, 0.25) is 11.8 Å². The van der Waals surface area contributed by atoms with Crippen molar-refractivity contribution in [3.63, 3.8) is 0 Å². The quantitative estimate of drug-likeness (QED) is 0.925. The lowest BCUT2D eigenvalue weighted by Crippen LogP contribution is -2.38. The van der Waals surface area contributed by atoms with E-state index in [1.807, 2.05) is 43.5 Å². The number of hydrogen-bond donors (Lipinski definition) is 1. The predicted octanol–water partition coefficient (Wildman–Crippen LogP) is 3.31. The van der Waals surface area contributed by atoms with Gasteiger partial charge in [-0.25, -0.2) is 4.98 Å². The van der Waals surface area contributed by atoms with Crippen LogP contribution in [0, 0.1) is 6.92 Å². The van der Waals surface area contributed by atoms with Crippen LogP contribution >= 0.6 is 23.1 Å². The van der Waals surface area contributed by atoms with Gasteiger partial charge in [-0.05, 0) is 19.1 Å². The van der Waals surface area contributed by atoms with Gasteiger partial charge in [0.1, 0.15) is 6.54 Å². The first-order valence-corrected chi connectivity index (χ1v) is 9.07. The van der Waals surface area contributed by atoms with Crippen molar-refractivity contribution in [1.82, 2.24) is 4.98 Å². The van der Waals surface area contributed by atoms with Gasteiger partial charge in [0, 0.05) is 21.9 Å². The number of nitrogens with one attached hydrogen (secondary N) is 1. The summed E-state index contributed by atoms with van der Waals surface area (Å²) < 4.78 is 0. The molecular formula is C16H17N3O2S2. The van der Waals surface area contributed by atoms with Gasteiger partial charge in [0.05, 0.1) is 11.4 Å². The fraction of sp³-hybridized carbons (Fsp3) is 0.312. The molecule has 0 spiro atoms. The molecule has 1 unspecified atom stereocenters. The highest BCUT2D eigenvalue weighted by atomic mass is 32.2. The van der Waals surface area contributed by atoms with E-state index in [0.717, 1.165) is 16.3 Å². The fourth-order valence-corrected chi connectivity index (χ4v) is 4.24. The Hall–Kier alpha value is -1.86. The number of amides is 2. The predicted molar refractivity (Wildman–Crippen MR) is 94.2 cm³/mol. The molecule has 120 valence electrons. The Labute approximate surface area is 143 Å². The van der Waals surface area contributed by atoms with Crippen molar-refractivity contribution in [3.8, 4) is 0 Å². The zero-order valence-electron chi connectivity index (χ0n) is 12.9. The summed E-state index contributed by atoms with van der Waals surface area (Å²) in [4.78, 5) is 31.6. The van der Waals surface area contributed by atoms with Crippen molar-refractivity contribution in [3.05, 3.63) is 35.3 Å². The smallest absolute Gasteiger partial charge is 0.246 e. The Kier molecular flexibility index (Phi) is 4.68. The monoisotopic (exact) mass is 347 g/mol. The number of carbonyl (C=O) groups excluding carboxylic acids is 2. The lowest BCUT2D eigenvalue weighted by atomic mass is 10.2. The topological polar surface area (TPSA) is 62.3 Å². The van der Waals surface area contributed by atoms with Gasteiger partial charge in [-0.3, -0.25) is 9.59 Å². The molecule has 0 radical (unpaired) electrons. The minimum Gasteiger partial charge on any atom is -0.302 e. The molecule has 2 heterocycles. The van der Waals surface area contributed by atoms with Gasteiger partial charge in [-0.2, -0.15) is 0 Å². The first-order chi connectivity index (χ1) is 11.0. The molecular weight excluding hydrogens is 330 g/mol. The third-order valence-electron chi connectivity index (χ3n) is 3.41. The average molecular weight is 347 g/mol. The zero-order chi connectivity index (χ0) is 16.4. The van der Waals surface area contributed by atoms with Crippen LogP contribution in [0.25, 0.3) is 0 Å². The third-order valence-corrected chi connectivity index (χ3v) is 5.46. The summed E-state index contributed by atoms with van der Waals surface area (Å²) in [5.74, 6) is -0.262. The van der Waals surface area contributed by atoms with E-state index in [0.29, 0.717) is 11.6 Å². The maximum atomic E-state index is 12.5. The second-order valence-corrected chi connectivity index (χ2v) is 7.76. The van der Waals surface area contributed by atoms with Gasteiger partial charge in [0.15, 0.2) is 5.13 Å². The molecule has 1 aromatic heterocycles. The van der Waals surface area contributed by atoms with E-state index in [1.54, 1.807) is 16.7 Å². The number of thiazole rings is 1.